The lowest BCUT2D eigenvalue weighted by atomic mass is 9.95. The maximum Gasteiger partial charge on any atom is 0.177 e. The first-order valence-corrected chi connectivity index (χ1v) is 12.6. The van der Waals surface area contributed by atoms with Crippen molar-refractivity contribution in [3.05, 3.63) is 116 Å². The van der Waals surface area contributed by atoms with Gasteiger partial charge in [0.1, 0.15) is 11.2 Å². The van der Waals surface area contributed by atoms with Crippen LogP contribution in [0.5, 0.6) is 0 Å². The van der Waals surface area contributed by atoms with Crippen LogP contribution in [0.25, 0.3) is 54.6 Å². The zero-order valence-electron chi connectivity index (χ0n) is 18.6. The highest BCUT2D eigenvalue weighted by Crippen LogP contribution is 2.43. The molecular formula is C31H19NO2S. The van der Waals surface area contributed by atoms with Crippen molar-refractivity contribution in [2.75, 3.05) is 0 Å². The molecule has 2 heterocycles. The smallest absolute Gasteiger partial charge is 0.177 e. The van der Waals surface area contributed by atoms with Gasteiger partial charge in [0.05, 0.1) is 6.20 Å². The summed E-state index contributed by atoms with van der Waals surface area (Å²) in [6.45, 7) is 0. The van der Waals surface area contributed by atoms with Crippen LogP contribution in [0.4, 0.5) is 0 Å². The highest BCUT2D eigenvalue weighted by atomic mass is 32.2. The fourth-order valence-corrected chi connectivity index (χ4v) is 6.02. The third kappa shape index (κ3) is 3.22. The summed E-state index contributed by atoms with van der Waals surface area (Å²) < 4.78 is 19.8. The van der Waals surface area contributed by atoms with Crippen molar-refractivity contribution in [3.63, 3.8) is 0 Å². The van der Waals surface area contributed by atoms with Gasteiger partial charge in [0.2, 0.25) is 0 Å². The van der Waals surface area contributed by atoms with Crippen molar-refractivity contribution in [1.29, 1.82) is 0 Å². The molecule has 0 aliphatic rings. The molecule has 166 valence electrons. The van der Waals surface area contributed by atoms with Crippen LogP contribution < -0.4 is 0 Å². The standard InChI is InChI=1S/C31H19NO2S/c33-35(23-10-2-1-3-11-23)24-16-22(18-32-19-24)27-17-21-9-5-7-13-26(21)30-29-25-12-6-4-8-20(25)14-15-28(29)34-31(27)30/h1-19H. The third-order valence-electron chi connectivity index (χ3n) is 6.55. The molecule has 0 bridgehead atoms. The van der Waals surface area contributed by atoms with Crippen LogP contribution in [0.3, 0.4) is 0 Å². The van der Waals surface area contributed by atoms with Crippen LogP contribution >= 0.6 is 0 Å². The molecule has 3 nitrogen and oxygen atoms in total. The number of furan rings is 1. The van der Waals surface area contributed by atoms with Gasteiger partial charge in [-0.1, -0.05) is 72.8 Å². The third-order valence-corrected chi connectivity index (χ3v) is 7.90. The molecule has 0 spiro atoms. The molecule has 35 heavy (non-hydrogen) atoms. The van der Waals surface area contributed by atoms with Crippen LogP contribution in [0.1, 0.15) is 0 Å². The second kappa shape index (κ2) is 7.98. The molecule has 0 fully saturated rings. The molecule has 0 amide bonds. The Balaban J connectivity index is 1.54. The number of fused-ring (bicyclic) bond motifs is 7. The van der Waals surface area contributed by atoms with E-state index >= 15 is 0 Å². The minimum absolute atomic E-state index is 0.663. The van der Waals surface area contributed by atoms with E-state index < -0.39 is 11.2 Å². The van der Waals surface area contributed by atoms with Gasteiger partial charge in [-0.25, -0.2) is 0 Å². The van der Waals surface area contributed by atoms with Crippen molar-refractivity contribution in [3.8, 4) is 11.1 Å². The summed E-state index contributed by atoms with van der Waals surface area (Å²) in [5, 5.41) is 6.84. The van der Waals surface area contributed by atoms with E-state index in [1.807, 2.05) is 42.6 Å². The summed E-state index contributed by atoms with van der Waals surface area (Å²) in [5.74, 6) is 0. The molecule has 5 aromatic carbocycles. The zero-order chi connectivity index (χ0) is 23.4. The molecule has 0 N–H and O–H groups in total. The minimum atomic E-state index is -1.32. The Hall–Kier alpha value is -4.12. The van der Waals surface area contributed by atoms with Gasteiger partial charge >= 0.3 is 0 Å². The van der Waals surface area contributed by atoms with Crippen LogP contribution in [-0.4, -0.2) is 9.54 Å². The van der Waals surface area contributed by atoms with E-state index in [4.69, 9.17) is 4.42 Å². The van der Waals surface area contributed by atoms with E-state index in [2.05, 4.69) is 71.7 Å². The predicted molar refractivity (Wildman–Crippen MR) is 143 cm³/mol. The van der Waals surface area contributed by atoms with Crippen molar-refractivity contribution >= 4 is 54.7 Å². The summed E-state index contributed by atoms with van der Waals surface area (Å²) >= 11 is -1.32. The average Bonchev–Trinajstić information content (AvgIpc) is 3.33. The number of hydrogen-bond acceptors (Lipinski definition) is 3. The summed E-state index contributed by atoms with van der Waals surface area (Å²) in [4.78, 5) is 5.88. The summed E-state index contributed by atoms with van der Waals surface area (Å²) in [5.41, 5.74) is 3.50. The lowest BCUT2D eigenvalue weighted by molar-refractivity contribution is 0.594. The Labute approximate surface area is 204 Å². The van der Waals surface area contributed by atoms with Gasteiger partial charge in [-0.3, -0.25) is 4.98 Å². The maximum atomic E-state index is 13.2. The molecule has 4 heteroatoms. The molecule has 1 atom stereocenters. The Morgan fingerprint density at radius 3 is 2.17 bits per heavy atom. The van der Waals surface area contributed by atoms with E-state index in [-0.39, 0.29) is 0 Å². The van der Waals surface area contributed by atoms with E-state index in [0.717, 1.165) is 48.7 Å². The molecule has 0 radical (unpaired) electrons. The summed E-state index contributed by atoms with van der Waals surface area (Å²) in [7, 11) is 0. The van der Waals surface area contributed by atoms with Gasteiger partial charge in [0, 0.05) is 45.3 Å². The van der Waals surface area contributed by atoms with Gasteiger partial charge in [0.15, 0.2) is 9.79 Å². The molecule has 0 aliphatic carbocycles. The quantitative estimate of drug-likeness (QED) is 0.246. The van der Waals surface area contributed by atoms with Crippen LogP contribution in [-0.2, 0) is 11.2 Å². The summed E-state index contributed by atoms with van der Waals surface area (Å²) in [6.07, 6.45) is 3.50. The number of benzene rings is 5. The van der Waals surface area contributed by atoms with Crippen molar-refractivity contribution in [2.45, 2.75) is 9.79 Å². The van der Waals surface area contributed by atoms with Gasteiger partial charge in [0.25, 0.3) is 0 Å². The van der Waals surface area contributed by atoms with Crippen LogP contribution in [0, 0.1) is 0 Å². The van der Waals surface area contributed by atoms with Gasteiger partial charge < -0.3 is 8.97 Å². The first-order chi connectivity index (χ1) is 17.3. The lowest BCUT2D eigenvalue weighted by Crippen LogP contribution is -2.02. The Kier molecular flexibility index (Phi) is 4.62. The first-order valence-electron chi connectivity index (χ1n) is 11.5. The number of pyridine rings is 1. The summed E-state index contributed by atoms with van der Waals surface area (Å²) in [6, 6.07) is 34.5. The molecule has 0 saturated carbocycles. The lowest BCUT2D eigenvalue weighted by Gasteiger charge is -2.11. The normalized spacial score (nSPS) is 12.6. The van der Waals surface area contributed by atoms with Gasteiger partial charge in [-0.2, -0.15) is 0 Å². The van der Waals surface area contributed by atoms with Crippen LogP contribution in [0.15, 0.2) is 130 Å². The fourth-order valence-electron chi connectivity index (χ4n) is 4.95. The fraction of sp³-hybridized carbons (Fsp3) is 0. The van der Waals surface area contributed by atoms with Gasteiger partial charge in [-0.05, 0) is 45.8 Å². The monoisotopic (exact) mass is 469 g/mol. The van der Waals surface area contributed by atoms with E-state index in [1.54, 1.807) is 6.20 Å². The molecular weight excluding hydrogens is 450 g/mol. The second-order valence-corrected chi connectivity index (χ2v) is 10.1. The Morgan fingerprint density at radius 2 is 1.34 bits per heavy atom. The minimum Gasteiger partial charge on any atom is -0.606 e. The number of hydrogen-bond donors (Lipinski definition) is 0. The van der Waals surface area contributed by atoms with E-state index in [1.165, 1.54) is 10.8 Å². The number of rotatable bonds is 3. The van der Waals surface area contributed by atoms with Gasteiger partial charge in [-0.15, -0.1) is 0 Å². The number of nitrogens with zero attached hydrogens (tertiary/aromatic N) is 1. The Morgan fingerprint density at radius 1 is 0.629 bits per heavy atom. The highest BCUT2D eigenvalue weighted by molar-refractivity contribution is 7.91. The average molecular weight is 470 g/mol. The first kappa shape index (κ1) is 20.3. The second-order valence-electron chi connectivity index (χ2n) is 8.60. The molecule has 7 aromatic rings. The largest absolute Gasteiger partial charge is 0.606 e. The highest BCUT2D eigenvalue weighted by Gasteiger charge is 2.20. The topological polar surface area (TPSA) is 49.1 Å². The SMILES string of the molecule is [O-][S+](c1ccccc1)c1cncc(-c2cc3ccccc3c3c2oc2ccc4ccccc4c23)c1. The van der Waals surface area contributed by atoms with Crippen molar-refractivity contribution < 1.29 is 8.97 Å². The maximum absolute atomic E-state index is 13.2. The van der Waals surface area contributed by atoms with E-state index in [9.17, 15) is 4.55 Å². The van der Waals surface area contributed by atoms with E-state index in [0.29, 0.717) is 4.90 Å². The number of aromatic nitrogens is 1. The van der Waals surface area contributed by atoms with Crippen molar-refractivity contribution in [1.82, 2.24) is 4.98 Å². The molecule has 0 aliphatic heterocycles. The molecule has 7 rings (SSSR count). The zero-order valence-corrected chi connectivity index (χ0v) is 19.5. The molecule has 0 saturated heterocycles. The van der Waals surface area contributed by atoms with Crippen molar-refractivity contribution in [2.24, 2.45) is 0 Å². The Bertz CT molecular complexity index is 1870. The molecule has 2 aromatic heterocycles. The van der Waals surface area contributed by atoms with Crippen LogP contribution in [0.2, 0.25) is 0 Å². The molecule has 1 unspecified atom stereocenters. The predicted octanol–water partition coefficient (Wildman–Crippen LogP) is 8.12.